The van der Waals surface area contributed by atoms with E-state index in [1.54, 1.807) is 0 Å². The third-order valence-corrected chi connectivity index (χ3v) is 5.00. The normalized spacial score (nSPS) is 29.6. The van der Waals surface area contributed by atoms with Gasteiger partial charge in [-0.3, -0.25) is 4.90 Å². The molecule has 3 unspecified atom stereocenters. The molecule has 0 radical (unpaired) electrons. The first-order valence-electron chi connectivity index (χ1n) is 8.04. The number of benzene rings is 1. The summed E-state index contributed by atoms with van der Waals surface area (Å²) in [4.78, 5) is 2.69. The first-order chi connectivity index (χ1) is 9.48. The van der Waals surface area contributed by atoms with E-state index in [0.717, 1.165) is 19.0 Å². The second-order valence-electron chi connectivity index (χ2n) is 6.80. The van der Waals surface area contributed by atoms with Gasteiger partial charge in [0, 0.05) is 25.2 Å². The number of hydrogen-bond acceptors (Lipinski definition) is 2. The molecule has 0 spiro atoms. The molecule has 1 N–H and O–H groups in total. The third kappa shape index (κ3) is 3.07. The van der Waals surface area contributed by atoms with Gasteiger partial charge in [-0.15, -0.1) is 0 Å². The second kappa shape index (κ2) is 6.28. The molecule has 3 atom stereocenters. The minimum absolute atomic E-state index is 0.0650. The lowest BCUT2D eigenvalue weighted by Crippen LogP contribution is -2.64. The van der Waals surface area contributed by atoms with Crippen molar-refractivity contribution in [2.45, 2.75) is 58.7 Å². The third-order valence-electron chi connectivity index (χ3n) is 5.00. The van der Waals surface area contributed by atoms with Crippen LogP contribution >= 0.6 is 0 Å². The molecule has 1 saturated heterocycles. The van der Waals surface area contributed by atoms with Crippen molar-refractivity contribution in [2.24, 2.45) is 5.92 Å². The van der Waals surface area contributed by atoms with Crippen LogP contribution in [0.2, 0.25) is 0 Å². The van der Waals surface area contributed by atoms with Gasteiger partial charge in [-0.05, 0) is 32.3 Å². The lowest BCUT2D eigenvalue weighted by Gasteiger charge is -2.50. The molecule has 112 valence electrons. The molecule has 1 fully saturated rings. The number of hydrogen-bond donors (Lipinski definition) is 1. The zero-order valence-electron chi connectivity index (χ0n) is 13.7. The number of rotatable bonds is 4. The fraction of sp³-hybridized carbons (Fsp3) is 0.667. The van der Waals surface area contributed by atoms with Crippen molar-refractivity contribution in [1.29, 1.82) is 0 Å². The fourth-order valence-corrected chi connectivity index (χ4v) is 3.35. The van der Waals surface area contributed by atoms with E-state index in [1.165, 1.54) is 12.0 Å². The molecule has 2 rings (SSSR count). The SMILES string of the molecule is CCC(C)C1CNC(C)(c2ccccc2)CN1C(C)C. The molecular weight excluding hydrogens is 244 g/mol. The van der Waals surface area contributed by atoms with Crippen LogP contribution in [0.25, 0.3) is 0 Å². The van der Waals surface area contributed by atoms with Crippen LogP contribution in [-0.2, 0) is 5.54 Å². The van der Waals surface area contributed by atoms with Gasteiger partial charge in [0.25, 0.3) is 0 Å². The number of nitrogens with one attached hydrogen (secondary N) is 1. The van der Waals surface area contributed by atoms with Crippen LogP contribution in [0.3, 0.4) is 0 Å². The van der Waals surface area contributed by atoms with E-state index in [9.17, 15) is 0 Å². The average molecular weight is 274 g/mol. The van der Waals surface area contributed by atoms with Crippen LogP contribution in [0.5, 0.6) is 0 Å². The zero-order valence-corrected chi connectivity index (χ0v) is 13.7. The van der Waals surface area contributed by atoms with Gasteiger partial charge < -0.3 is 5.32 Å². The van der Waals surface area contributed by atoms with E-state index in [4.69, 9.17) is 0 Å². The van der Waals surface area contributed by atoms with E-state index >= 15 is 0 Å². The van der Waals surface area contributed by atoms with Gasteiger partial charge in [0.2, 0.25) is 0 Å². The summed E-state index contributed by atoms with van der Waals surface area (Å²) in [5, 5.41) is 3.82. The molecular formula is C18H30N2. The van der Waals surface area contributed by atoms with Crippen LogP contribution in [-0.4, -0.2) is 30.1 Å². The minimum atomic E-state index is 0.0650. The van der Waals surface area contributed by atoms with E-state index in [0.29, 0.717) is 12.1 Å². The monoisotopic (exact) mass is 274 g/mol. The number of nitrogens with zero attached hydrogens (tertiary/aromatic N) is 1. The Bertz CT molecular complexity index is 415. The highest BCUT2D eigenvalue weighted by Gasteiger charge is 2.39. The highest BCUT2D eigenvalue weighted by molar-refractivity contribution is 5.25. The van der Waals surface area contributed by atoms with Crippen molar-refractivity contribution in [2.75, 3.05) is 13.1 Å². The predicted molar refractivity (Wildman–Crippen MR) is 86.9 cm³/mol. The van der Waals surface area contributed by atoms with Crippen molar-refractivity contribution in [3.63, 3.8) is 0 Å². The minimum Gasteiger partial charge on any atom is -0.305 e. The van der Waals surface area contributed by atoms with E-state index < -0.39 is 0 Å². The first-order valence-corrected chi connectivity index (χ1v) is 8.04. The summed E-state index contributed by atoms with van der Waals surface area (Å²) in [5.74, 6) is 0.741. The summed E-state index contributed by atoms with van der Waals surface area (Å²) in [6.07, 6.45) is 1.25. The Morgan fingerprint density at radius 2 is 1.90 bits per heavy atom. The first kappa shape index (κ1) is 15.5. The maximum Gasteiger partial charge on any atom is 0.0535 e. The Morgan fingerprint density at radius 3 is 2.45 bits per heavy atom. The van der Waals surface area contributed by atoms with Gasteiger partial charge in [-0.2, -0.15) is 0 Å². The average Bonchev–Trinajstić information content (AvgIpc) is 2.47. The lowest BCUT2D eigenvalue weighted by molar-refractivity contribution is 0.0312. The second-order valence-corrected chi connectivity index (χ2v) is 6.80. The van der Waals surface area contributed by atoms with E-state index in [-0.39, 0.29) is 5.54 Å². The Kier molecular flexibility index (Phi) is 4.87. The zero-order chi connectivity index (χ0) is 14.8. The van der Waals surface area contributed by atoms with Crippen LogP contribution in [0.1, 0.15) is 46.6 Å². The number of piperazine rings is 1. The smallest absolute Gasteiger partial charge is 0.0535 e. The maximum absolute atomic E-state index is 3.82. The van der Waals surface area contributed by atoms with Gasteiger partial charge >= 0.3 is 0 Å². The quantitative estimate of drug-likeness (QED) is 0.902. The molecule has 0 aromatic heterocycles. The van der Waals surface area contributed by atoms with E-state index in [1.807, 2.05) is 0 Å². The summed E-state index contributed by atoms with van der Waals surface area (Å²) in [7, 11) is 0. The summed E-state index contributed by atoms with van der Waals surface area (Å²) in [6.45, 7) is 13.8. The van der Waals surface area contributed by atoms with Gasteiger partial charge in [0.1, 0.15) is 0 Å². The molecule has 1 aromatic carbocycles. The predicted octanol–water partition coefficient (Wildman–Crippen LogP) is 3.63. The highest BCUT2D eigenvalue weighted by atomic mass is 15.3. The maximum atomic E-state index is 3.82. The molecule has 0 saturated carbocycles. The van der Waals surface area contributed by atoms with Crippen molar-refractivity contribution in [1.82, 2.24) is 10.2 Å². The van der Waals surface area contributed by atoms with Crippen molar-refractivity contribution >= 4 is 0 Å². The molecule has 1 aliphatic heterocycles. The molecule has 2 nitrogen and oxygen atoms in total. The molecule has 0 bridgehead atoms. The van der Waals surface area contributed by atoms with Crippen LogP contribution < -0.4 is 5.32 Å². The molecule has 0 aliphatic carbocycles. The van der Waals surface area contributed by atoms with Crippen LogP contribution in [0.4, 0.5) is 0 Å². The van der Waals surface area contributed by atoms with Gasteiger partial charge in [0.15, 0.2) is 0 Å². The molecule has 1 aromatic rings. The van der Waals surface area contributed by atoms with Gasteiger partial charge in [0.05, 0.1) is 5.54 Å². The molecule has 2 heteroatoms. The molecule has 20 heavy (non-hydrogen) atoms. The molecule has 1 heterocycles. The van der Waals surface area contributed by atoms with E-state index in [2.05, 4.69) is 75.2 Å². The summed E-state index contributed by atoms with van der Waals surface area (Å²) >= 11 is 0. The lowest BCUT2D eigenvalue weighted by atomic mass is 9.84. The topological polar surface area (TPSA) is 15.3 Å². The van der Waals surface area contributed by atoms with Crippen LogP contribution in [0, 0.1) is 5.92 Å². The Hall–Kier alpha value is -0.860. The van der Waals surface area contributed by atoms with Gasteiger partial charge in [-0.1, -0.05) is 50.6 Å². The van der Waals surface area contributed by atoms with Crippen molar-refractivity contribution in [3.8, 4) is 0 Å². The Balaban J connectivity index is 2.22. The largest absolute Gasteiger partial charge is 0.305 e. The highest BCUT2D eigenvalue weighted by Crippen LogP contribution is 2.30. The summed E-state index contributed by atoms with van der Waals surface area (Å²) in [5.41, 5.74) is 1.46. The van der Waals surface area contributed by atoms with Crippen molar-refractivity contribution in [3.05, 3.63) is 35.9 Å². The van der Waals surface area contributed by atoms with Gasteiger partial charge in [-0.25, -0.2) is 0 Å². The standard InChI is InChI=1S/C18H30N2/c1-6-15(4)17-12-19-18(5,13-20(17)14(2)3)16-10-8-7-9-11-16/h7-11,14-15,17,19H,6,12-13H2,1-5H3. The van der Waals surface area contributed by atoms with Crippen molar-refractivity contribution < 1.29 is 0 Å². The van der Waals surface area contributed by atoms with Crippen LogP contribution in [0.15, 0.2) is 30.3 Å². The fourth-order valence-electron chi connectivity index (χ4n) is 3.35. The summed E-state index contributed by atoms with van der Waals surface area (Å²) < 4.78 is 0. The molecule has 0 amide bonds. The summed E-state index contributed by atoms with van der Waals surface area (Å²) in [6, 6.07) is 12.1. The molecule has 1 aliphatic rings. The Morgan fingerprint density at radius 1 is 1.25 bits per heavy atom. The Labute approximate surface area is 124 Å².